The average molecular weight is 460 g/mol. The lowest BCUT2D eigenvalue weighted by Gasteiger charge is -2.52. The third kappa shape index (κ3) is 4.04. The van der Waals surface area contributed by atoms with Gasteiger partial charge in [0.2, 0.25) is 5.60 Å². The Morgan fingerprint density at radius 2 is 1.71 bits per heavy atom. The van der Waals surface area contributed by atoms with E-state index in [4.69, 9.17) is 15.6 Å². The number of hydrogen-bond acceptors (Lipinski definition) is 8. The minimum absolute atomic E-state index is 0.368. The van der Waals surface area contributed by atoms with Crippen LogP contribution in [0, 0.1) is 0 Å². The normalized spacial score (nSPS) is 34.2. The molecule has 1 aromatic carbocycles. The predicted molar refractivity (Wildman–Crippen MR) is 101 cm³/mol. The molecular weight excluding hydrogens is 436 g/mol. The molecule has 2 unspecified atom stereocenters. The molecule has 0 aliphatic carbocycles. The Kier molecular flexibility index (Phi) is 6.61. The first-order chi connectivity index (χ1) is 13.5. The zero-order valence-corrected chi connectivity index (χ0v) is 17.2. The van der Waals surface area contributed by atoms with E-state index in [0.717, 1.165) is 20.8 Å². The standard InChI is InChI=1S/C19H23BrO8/c1-11(21)18(24)16(27-13(3)23)15(28-17(20)19(18,25)12(2)22)10-26-9-14-7-5-4-6-8-14/h4-8,15-17,24-25H,9-10H2,1-3H3/t15-,16+,17?,18+,19+/m1/s1/i9D/t9?,15-,16+,17?,18+,19+. The largest absolute Gasteiger partial charge is 0.456 e. The second-order valence-corrected chi connectivity index (χ2v) is 7.36. The molecule has 8 nitrogen and oxygen atoms in total. The van der Waals surface area contributed by atoms with Gasteiger partial charge in [0.05, 0.1) is 14.6 Å². The fourth-order valence-electron chi connectivity index (χ4n) is 3.12. The Morgan fingerprint density at radius 3 is 2.21 bits per heavy atom. The molecule has 1 aliphatic heterocycles. The zero-order valence-electron chi connectivity index (χ0n) is 16.6. The molecule has 1 aliphatic rings. The van der Waals surface area contributed by atoms with E-state index in [-0.39, 0.29) is 6.61 Å². The number of ether oxygens (including phenoxy) is 3. The number of rotatable bonds is 7. The zero-order chi connectivity index (χ0) is 22.0. The van der Waals surface area contributed by atoms with Gasteiger partial charge >= 0.3 is 5.97 Å². The molecule has 28 heavy (non-hydrogen) atoms. The van der Waals surface area contributed by atoms with Gasteiger partial charge in [0.1, 0.15) is 6.10 Å². The Hall–Kier alpha value is -1.65. The molecule has 0 radical (unpaired) electrons. The Labute approximate surface area is 172 Å². The second-order valence-electron chi connectivity index (χ2n) is 6.53. The highest BCUT2D eigenvalue weighted by Crippen LogP contribution is 2.43. The van der Waals surface area contributed by atoms with Crippen LogP contribution in [0.5, 0.6) is 0 Å². The topological polar surface area (TPSA) is 119 Å². The lowest BCUT2D eigenvalue weighted by atomic mass is 9.70. The summed E-state index contributed by atoms with van der Waals surface area (Å²) in [4.78, 5) is 36.2. The highest BCUT2D eigenvalue weighted by atomic mass is 79.9. The summed E-state index contributed by atoms with van der Waals surface area (Å²) >= 11 is 2.99. The first-order valence-corrected chi connectivity index (χ1v) is 9.40. The number of carbonyl (C=O) groups is 3. The Balaban J connectivity index is 2.37. The summed E-state index contributed by atoms with van der Waals surface area (Å²) in [7, 11) is 0. The van der Waals surface area contributed by atoms with Crippen molar-refractivity contribution in [2.24, 2.45) is 0 Å². The van der Waals surface area contributed by atoms with Gasteiger partial charge in [0.25, 0.3) is 0 Å². The summed E-state index contributed by atoms with van der Waals surface area (Å²) in [5.74, 6) is -2.83. The van der Waals surface area contributed by atoms with Crippen LogP contribution >= 0.6 is 15.9 Å². The quantitative estimate of drug-likeness (QED) is 0.455. The lowest BCUT2D eigenvalue weighted by molar-refractivity contribution is -0.282. The summed E-state index contributed by atoms with van der Waals surface area (Å²) in [5, 5.41) is 20.6. The highest BCUT2D eigenvalue weighted by Gasteiger charge is 2.71. The maximum atomic E-state index is 12.4. The van der Waals surface area contributed by atoms with E-state index in [9.17, 15) is 24.6 Å². The van der Waals surface area contributed by atoms with Crippen molar-refractivity contribution in [3.63, 3.8) is 0 Å². The fraction of sp³-hybridized carbons (Fsp3) is 0.526. The van der Waals surface area contributed by atoms with Crippen LogP contribution in [-0.2, 0) is 35.2 Å². The monoisotopic (exact) mass is 459 g/mol. The van der Waals surface area contributed by atoms with Crippen LogP contribution in [0.15, 0.2) is 30.3 Å². The lowest BCUT2D eigenvalue weighted by Crippen LogP contribution is -2.78. The minimum atomic E-state index is -2.80. The molecule has 0 bridgehead atoms. The SMILES string of the molecule is [2H]C(OC[C@H]1OC(Br)[C@@](O)(C(C)=O)[C@](O)(C(C)=O)[C@H]1OC(C)=O)c1ccccc1. The third-order valence-electron chi connectivity index (χ3n) is 4.60. The van der Waals surface area contributed by atoms with Gasteiger partial charge in [-0.3, -0.25) is 14.4 Å². The van der Waals surface area contributed by atoms with Gasteiger partial charge in [-0.05, 0) is 19.4 Å². The van der Waals surface area contributed by atoms with Gasteiger partial charge in [0.15, 0.2) is 28.3 Å². The van der Waals surface area contributed by atoms with Gasteiger partial charge in [-0.25, -0.2) is 0 Å². The molecule has 6 atom stereocenters. The molecule has 0 aromatic heterocycles. The van der Waals surface area contributed by atoms with Crippen LogP contribution in [0.3, 0.4) is 0 Å². The van der Waals surface area contributed by atoms with E-state index in [1.54, 1.807) is 30.3 Å². The van der Waals surface area contributed by atoms with Crippen molar-refractivity contribution in [3.05, 3.63) is 35.9 Å². The van der Waals surface area contributed by atoms with Crippen molar-refractivity contribution in [3.8, 4) is 0 Å². The van der Waals surface area contributed by atoms with Crippen molar-refractivity contribution < 1.29 is 40.2 Å². The molecule has 0 amide bonds. The fourth-order valence-corrected chi connectivity index (χ4v) is 4.07. The van der Waals surface area contributed by atoms with Crippen LogP contribution in [0.4, 0.5) is 0 Å². The maximum Gasteiger partial charge on any atom is 0.303 e. The summed E-state index contributed by atoms with van der Waals surface area (Å²) in [6, 6.07) is 8.60. The summed E-state index contributed by atoms with van der Waals surface area (Å²) in [5.41, 5.74) is -4.96. The van der Waals surface area contributed by atoms with E-state index >= 15 is 0 Å². The van der Waals surface area contributed by atoms with Crippen LogP contribution in [0.2, 0.25) is 0 Å². The first kappa shape index (κ1) is 21.1. The molecule has 1 saturated heterocycles. The van der Waals surface area contributed by atoms with Gasteiger partial charge in [-0.2, -0.15) is 0 Å². The number of hydrogen-bond donors (Lipinski definition) is 2. The van der Waals surface area contributed by atoms with E-state index < -0.39 is 52.5 Å². The maximum absolute atomic E-state index is 12.4. The molecule has 1 fully saturated rings. The predicted octanol–water partition coefficient (Wildman–Crippen LogP) is 0.895. The number of Topliss-reactive ketones (excluding diaryl/α,β-unsaturated/α-hetero) is 2. The van der Waals surface area contributed by atoms with Gasteiger partial charge in [-0.15, -0.1) is 0 Å². The number of carbonyl (C=O) groups excluding carboxylic acids is 3. The minimum Gasteiger partial charge on any atom is -0.456 e. The molecule has 154 valence electrons. The second kappa shape index (κ2) is 8.79. The molecule has 9 heteroatoms. The van der Waals surface area contributed by atoms with Crippen LogP contribution < -0.4 is 0 Å². The van der Waals surface area contributed by atoms with E-state index in [2.05, 4.69) is 15.9 Å². The van der Waals surface area contributed by atoms with Crippen molar-refractivity contribution in [2.75, 3.05) is 6.61 Å². The Morgan fingerprint density at radius 1 is 1.14 bits per heavy atom. The molecule has 0 spiro atoms. The smallest absolute Gasteiger partial charge is 0.303 e. The number of esters is 1. The highest BCUT2D eigenvalue weighted by molar-refractivity contribution is 9.09. The van der Waals surface area contributed by atoms with Gasteiger partial charge in [-0.1, -0.05) is 46.3 Å². The van der Waals surface area contributed by atoms with Gasteiger partial charge < -0.3 is 24.4 Å². The number of ketones is 2. The van der Waals surface area contributed by atoms with Crippen LogP contribution in [-0.4, -0.2) is 62.8 Å². The van der Waals surface area contributed by atoms with Crippen molar-refractivity contribution in [2.45, 2.75) is 55.8 Å². The summed E-state index contributed by atoms with van der Waals surface area (Å²) in [6.07, 6.45) is -3.00. The molecule has 0 saturated carbocycles. The first-order valence-electron chi connectivity index (χ1n) is 9.06. The van der Waals surface area contributed by atoms with Crippen molar-refractivity contribution >= 4 is 33.5 Å². The van der Waals surface area contributed by atoms with E-state index in [1.807, 2.05) is 0 Å². The van der Waals surface area contributed by atoms with E-state index in [1.165, 1.54) is 0 Å². The summed E-state index contributed by atoms with van der Waals surface area (Å²) < 4.78 is 24.2. The average Bonchev–Trinajstić information content (AvgIpc) is 2.66. The third-order valence-corrected chi connectivity index (χ3v) is 5.48. The summed E-state index contributed by atoms with van der Waals surface area (Å²) in [6.45, 7) is 1.49. The molecular formula is C19H23BrO8. The van der Waals surface area contributed by atoms with Crippen molar-refractivity contribution in [1.29, 1.82) is 0 Å². The van der Waals surface area contributed by atoms with E-state index in [0.29, 0.717) is 5.56 Å². The molecule has 2 rings (SSSR count). The van der Waals surface area contributed by atoms with Crippen LogP contribution in [0.1, 0.15) is 27.7 Å². The number of benzene rings is 1. The number of halogens is 1. The molecule has 1 heterocycles. The Bertz CT molecular complexity index is 775. The molecule has 1 aromatic rings. The number of alkyl halides is 1. The van der Waals surface area contributed by atoms with Gasteiger partial charge in [0, 0.05) is 6.92 Å². The van der Waals surface area contributed by atoms with Crippen molar-refractivity contribution in [1.82, 2.24) is 0 Å². The molecule has 2 N–H and O–H groups in total. The number of aliphatic hydroxyl groups is 2. The van der Waals surface area contributed by atoms with Crippen LogP contribution in [0.25, 0.3) is 0 Å².